The first-order valence-corrected chi connectivity index (χ1v) is 15.8. The van der Waals surface area contributed by atoms with E-state index in [0.717, 1.165) is 27.9 Å². The van der Waals surface area contributed by atoms with Gasteiger partial charge in [-0.3, -0.25) is 0 Å². The Labute approximate surface area is 272 Å². The molecule has 0 atom stereocenters. The molecular formula is C43H28N4. The molecular weight excluding hydrogens is 573 g/mol. The van der Waals surface area contributed by atoms with Crippen molar-refractivity contribution in [3.8, 4) is 51.0 Å². The molecule has 9 aromatic rings. The fraction of sp³-hybridized carbons (Fsp3) is 0. The maximum atomic E-state index is 4.89. The molecule has 2 aromatic heterocycles. The molecule has 0 N–H and O–H groups in total. The highest BCUT2D eigenvalue weighted by Crippen LogP contribution is 2.34. The third-order valence-corrected chi connectivity index (χ3v) is 8.84. The summed E-state index contributed by atoms with van der Waals surface area (Å²) in [6.45, 7) is 0. The third kappa shape index (κ3) is 4.84. The molecule has 0 aliphatic rings. The standard InChI is InChI=1S/C43H28N4/c1-3-11-30(12-4-1)41-44-42(31-13-5-2-6-14-31)46-43(45-41)32-21-19-29(20-22-32)33-23-24-35-28-36(26-25-34(35)27-33)47-39-17-9-7-15-37(39)38-16-8-10-18-40(38)47/h1-28H. The first-order valence-electron chi connectivity index (χ1n) is 15.8. The average Bonchev–Trinajstić information content (AvgIpc) is 3.49. The van der Waals surface area contributed by atoms with Crippen LogP contribution in [0.15, 0.2) is 170 Å². The number of hydrogen-bond acceptors (Lipinski definition) is 3. The molecule has 0 radical (unpaired) electrons. The Hall–Kier alpha value is -6.39. The maximum absolute atomic E-state index is 4.89. The van der Waals surface area contributed by atoms with E-state index in [1.54, 1.807) is 0 Å². The molecule has 0 saturated heterocycles. The van der Waals surface area contributed by atoms with E-state index < -0.39 is 0 Å². The predicted octanol–water partition coefficient (Wildman–Crippen LogP) is 10.8. The normalized spacial score (nSPS) is 11.4. The summed E-state index contributed by atoms with van der Waals surface area (Å²) in [5.74, 6) is 1.97. The van der Waals surface area contributed by atoms with Crippen LogP contribution in [-0.2, 0) is 0 Å². The zero-order valence-electron chi connectivity index (χ0n) is 25.5. The summed E-state index contributed by atoms with van der Waals surface area (Å²) < 4.78 is 2.37. The highest BCUT2D eigenvalue weighted by Gasteiger charge is 2.14. The Kier molecular flexibility index (Phi) is 6.43. The van der Waals surface area contributed by atoms with Crippen molar-refractivity contribution in [2.45, 2.75) is 0 Å². The molecule has 0 fully saturated rings. The van der Waals surface area contributed by atoms with Crippen molar-refractivity contribution in [1.82, 2.24) is 19.5 Å². The molecule has 4 heteroatoms. The van der Waals surface area contributed by atoms with Gasteiger partial charge in [0.05, 0.1) is 11.0 Å². The van der Waals surface area contributed by atoms with Gasteiger partial charge in [-0.05, 0) is 52.2 Å². The summed E-state index contributed by atoms with van der Waals surface area (Å²) in [5, 5.41) is 4.95. The lowest BCUT2D eigenvalue weighted by atomic mass is 9.99. The Bertz CT molecular complexity index is 2440. The van der Waals surface area contributed by atoms with Gasteiger partial charge in [-0.2, -0.15) is 0 Å². The number of hydrogen-bond donors (Lipinski definition) is 0. The molecule has 0 saturated carbocycles. The van der Waals surface area contributed by atoms with Crippen molar-refractivity contribution < 1.29 is 0 Å². The molecule has 9 rings (SSSR count). The van der Waals surface area contributed by atoms with E-state index in [1.807, 2.05) is 60.7 Å². The van der Waals surface area contributed by atoms with Crippen LogP contribution in [0.25, 0.3) is 83.6 Å². The van der Waals surface area contributed by atoms with Crippen molar-refractivity contribution in [3.63, 3.8) is 0 Å². The van der Waals surface area contributed by atoms with Crippen LogP contribution in [0.2, 0.25) is 0 Å². The Morgan fingerprint density at radius 1 is 0.319 bits per heavy atom. The monoisotopic (exact) mass is 600 g/mol. The smallest absolute Gasteiger partial charge is 0.164 e. The van der Waals surface area contributed by atoms with Crippen molar-refractivity contribution in [1.29, 1.82) is 0 Å². The minimum Gasteiger partial charge on any atom is -0.309 e. The van der Waals surface area contributed by atoms with Gasteiger partial charge < -0.3 is 4.57 Å². The molecule has 7 aromatic carbocycles. The minimum absolute atomic E-state index is 0.653. The molecule has 0 unspecified atom stereocenters. The summed E-state index contributed by atoms with van der Waals surface area (Å²) in [7, 11) is 0. The molecule has 4 nitrogen and oxygen atoms in total. The minimum atomic E-state index is 0.653. The summed E-state index contributed by atoms with van der Waals surface area (Å²) in [6.07, 6.45) is 0. The highest BCUT2D eigenvalue weighted by molar-refractivity contribution is 6.09. The van der Waals surface area contributed by atoms with Gasteiger partial charge in [-0.15, -0.1) is 0 Å². The van der Waals surface area contributed by atoms with Gasteiger partial charge in [0.15, 0.2) is 17.5 Å². The van der Waals surface area contributed by atoms with E-state index in [1.165, 1.54) is 38.1 Å². The van der Waals surface area contributed by atoms with E-state index in [9.17, 15) is 0 Å². The number of para-hydroxylation sites is 2. The third-order valence-electron chi connectivity index (χ3n) is 8.84. The average molecular weight is 601 g/mol. The Morgan fingerprint density at radius 2 is 0.745 bits per heavy atom. The number of fused-ring (bicyclic) bond motifs is 4. The second-order valence-electron chi connectivity index (χ2n) is 11.7. The van der Waals surface area contributed by atoms with Crippen LogP contribution in [0.4, 0.5) is 0 Å². The van der Waals surface area contributed by atoms with E-state index in [4.69, 9.17) is 15.0 Å². The quantitative estimate of drug-likeness (QED) is 0.197. The van der Waals surface area contributed by atoms with E-state index >= 15 is 0 Å². The van der Waals surface area contributed by atoms with Gasteiger partial charge in [0.25, 0.3) is 0 Å². The number of nitrogens with zero attached hydrogens (tertiary/aromatic N) is 4. The maximum Gasteiger partial charge on any atom is 0.164 e. The zero-order valence-corrected chi connectivity index (χ0v) is 25.5. The number of aromatic nitrogens is 4. The second-order valence-corrected chi connectivity index (χ2v) is 11.7. The fourth-order valence-electron chi connectivity index (χ4n) is 6.50. The van der Waals surface area contributed by atoms with Crippen LogP contribution in [0, 0.1) is 0 Å². The fourth-order valence-corrected chi connectivity index (χ4v) is 6.50. The summed E-state index contributed by atoms with van der Waals surface area (Å²) in [6, 6.07) is 59.3. The Balaban J connectivity index is 1.07. The predicted molar refractivity (Wildman–Crippen MR) is 193 cm³/mol. The van der Waals surface area contributed by atoms with Crippen LogP contribution in [0.5, 0.6) is 0 Å². The van der Waals surface area contributed by atoms with Crippen LogP contribution in [0.1, 0.15) is 0 Å². The molecule has 0 aliphatic heterocycles. The Morgan fingerprint density at radius 3 is 1.32 bits per heavy atom. The van der Waals surface area contributed by atoms with Crippen molar-refractivity contribution >= 4 is 32.6 Å². The van der Waals surface area contributed by atoms with Gasteiger partial charge in [-0.1, -0.05) is 140 Å². The van der Waals surface area contributed by atoms with Crippen LogP contribution >= 0.6 is 0 Å². The van der Waals surface area contributed by atoms with E-state index in [2.05, 4.69) is 114 Å². The van der Waals surface area contributed by atoms with Crippen molar-refractivity contribution in [3.05, 3.63) is 170 Å². The lowest BCUT2D eigenvalue weighted by molar-refractivity contribution is 1.07. The SMILES string of the molecule is c1ccc(-c2nc(-c3ccccc3)nc(-c3ccc(-c4ccc5cc(-n6c7ccccc7c7ccccc76)ccc5c4)cc3)n2)cc1. The van der Waals surface area contributed by atoms with Gasteiger partial charge in [0, 0.05) is 33.2 Å². The molecule has 0 amide bonds. The zero-order chi connectivity index (χ0) is 31.2. The van der Waals surface area contributed by atoms with Crippen LogP contribution < -0.4 is 0 Å². The summed E-state index contributed by atoms with van der Waals surface area (Å²) in [5.41, 5.74) is 8.77. The molecule has 47 heavy (non-hydrogen) atoms. The summed E-state index contributed by atoms with van der Waals surface area (Å²) in [4.78, 5) is 14.6. The molecule has 0 spiro atoms. The number of benzene rings is 7. The van der Waals surface area contributed by atoms with Gasteiger partial charge in [-0.25, -0.2) is 15.0 Å². The van der Waals surface area contributed by atoms with Crippen molar-refractivity contribution in [2.24, 2.45) is 0 Å². The van der Waals surface area contributed by atoms with Crippen molar-refractivity contribution in [2.75, 3.05) is 0 Å². The lowest BCUT2D eigenvalue weighted by Crippen LogP contribution is -2.00. The molecule has 220 valence electrons. The van der Waals surface area contributed by atoms with Gasteiger partial charge in [0.1, 0.15) is 0 Å². The number of rotatable bonds is 5. The highest BCUT2D eigenvalue weighted by atomic mass is 15.0. The summed E-state index contributed by atoms with van der Waals surface area (Å²) >= 11 is 0. The van der Waals surface area contributed by atoms with Gasteiger partial charge in [0.2, 0.25) is 0 Å². The topological polar surface area (TPSA) is 43.6 Å². The van der Waals surface area contributed by atoms with Gasteiger partial charge >= 0.3 is 0 Å². The first-order chi connectivity index (χ1) is 23.3. The van der Waals surface area contributed by atoms with E-state index in [-0.39, 0.29) is 0 Å². The molecule has 2 heterocycles. The lowest BCUT2D eigenvalue weighted by Gasteiger charge is -2.11. The largest absolute Gasteiger partial charge is 0.309 e. The second kappa shape index (κ2) is 11.2. The molecule has 0 aliphatic carbocycles. The first kappa shape index (κ1) is 27.0. The van der Waals surface area contributed by atoms with Crippen LogP contribution in [-0.4, -0.2) is 19.5 Å². The molecule has 0 bridgehead atoms. The van der Waals surface area contributed by atoms with Crippen LogP contribution in [0.3, 0.4) is 0 Å². The van der Waals surface area contributed by atoms with E-state index in [0.29, 0.717) is 17.5 Å².